The van der Waals surface area contributed by atoms with Crippen LogP contribution < -0.4 is 5.73 Å². The lowest BCUT2D eigenvalue weighted by atomic mass is 10.3. The summed E-state index contributed by atoms with van der Waals surface area (Å²) in [5.74, 6) is 0. The molecule has 0 amide bonds. The van der Waals surface area contributed by atoms with Gasteiger partial charge in [0.25, 0.3) is 0 Å². The van der Waals surface area contributed by atoms with Gasteiger partial charge in [0.2, 0.25) is 10.0 Å². The van der Waals surface area contributed by atoms with Gasteiger partial charge >= 0.3 is 0 Å². The van der Waals surface area contributed by atoms with E-state index in [1.54, 1.807) is 0 Å². The zero-order valence-electron chi connectivity index (χ0n) is 12.3. The summed E-state index contributed by atoms with van der Waals surface area (Å²) in [6.07, 6.45) is 0.661. The highest BCUT2D eigenvalue weighted by Gasteiger charge is 2.31. The molecule has 5 nitrogen and oxygen atoms in total. The van der Waals surface area contributed by atoms with Crippen LogP contribution in [0.4, 0.5) is 5.69 Å². The van der Waals surface area contributed by atoms with E-state index in [-0.39, 0.29) is 34.8 Å². The Morgan fingerprint density at radius 2 is 2.00 bits per heavy atom. The van der Waals surface area contributed by atoms with Gasteiger partial charge in [-0.2, -0.15) is 4.31 Å². The second-order valence-electron chi connectivity index (χ2n) is 4.67. The average molecular weight is 355 g/mol. The largest absolute Gasteiger partial charge is 0.398 e. The molecule has 0 bridgehead atoms. The minimum atomic E-state index is -3.83. The molecular formula is C13H20Cl2N2O3S. The molecule has 1 rings (SSSR count). The van der Waals surface area contributed by atoms with Crippen LogP contribution in [0.1, 0.15) is 20.3 Å². The maximum Gasteiger partial charge on any atom is 0.246 e. The van der Waals surface area contributed by atoms with Gasteiger partial charge in [0.15, 0.2) is 0 Å². The molecule has 0 fully saturated rings. The van der Waals surface area contributed by atoms with E-state index in [2.05, 4.69) is 0 Å². The maximum atomic E-state index is 12.9. The molecule has 2 N–H and O–H groups in total. The van der Waals surface area contributed by atoms with Crippen LogP contribution in [0.25, 0.3) is 0 Å². The molecule has 120 valence electrons. The van der Waals surface area contributed by atoms with Crippen molar-refractivity contribution in [3.8, 4) is 0 Å². The van der Waals surface area contributed by atoms with Gasteiger partial charge in [-0.25, -0.2) is 8.42 Å². The maximum absolute atomic E-state index is 12.9. The number of benzene rings is 1. The summed E-state index contributed by atoms with van der Waals surface area (Å²) < 4.78 is 32.0. The van der Waals surface area contributed by atoms with Crippen LogP contribution in [0.15, 0.2) is 17.0 Å². The van der Waals surface area contributed by atoms with Crippen LogP contribution in [0.5, 0.6) is 0 Å². The van der Waals surface area contributed by atoms with Gasteiger partial charge in [0, 0.05) is 24.7 Å². The molecule has 1 aromatic carbocycles. The van der Waals surface area contributed by atoms with E-state index in [1.807, 2.05) is 13.8 Å². The van der Waals surface area contributed by atoms with E-state index in [9.17, 15) is 8.42 Å². The summed E-state index contributed by atoms with van der Waals surface area (Å²) in [4.78, 5) is -0.107. The molecule has 1 atom stereocenters. The number of nitrogens with two attached hydrogens (primary N) is 1. The zero-order chi connectivity index (χ0) is 16.2. The monoisotopic (exact) mass is 354 g/mol. The lowest BCUT2D eigenvalue weighted by Gasteiger charge is -2.28. The molecule has 8 heteroatoms. The number of hydrogen-bond acceptors (Lipinski definition) is 4. The molecule has 0 saturated heterocycles. The van der Waals surface area contributed by atoms with Crippen molar-refractivity contribution in [2.24, 2.45) is 0 Å². The fraction of sp³-hybridized carbons (Fsp3) is 0.538. The van der Waals surface area contributed by atoms with E-state index in [1.165, 1.54) is 23.5 Å². The van der Waals surface area contributed by atoms with Gasteiger partial charge in [-0.05, 0) is 25.5 Å². The normalized spacial score (nSPS) is 13.6. The first-order valence-corrected chi connectivity index (χ1v) is 8.70. The van der Waals surface area contributed by atoms with Gasteiger partial charge in [0.05, 0.1) is 17.3 Å². The first-order chi connectivity index (χ1) is 9.75. The number of halogens is 2. The van der Waals surface area contributed by atoms with Crippen molar-refractivity contribution < 1.29 is 13.2 Å². The summed E-state index contributed by atoms with van der Waals surface area (Å²) in [5, 5.41) is 0.314. The lowest BCUT2D eigenvalue weighted by molar-refractivity contribution is 0.167. The van der Waals surface area contributed by atoms with Crippen LogP contribution in [0.3, 0.4) is 0 Å². The van der Waals surface area contributed by atoms with Gasteiger partial charge in [-0.3, -0.25) is 0 Å². The number of sulfonamides is 1. The van der Waals surface area contributed by atoms with Crippen LogP contribution in [-0.4, -0.2) is 39.0 Å². The number of rotatable bonds is 7. The predicted octanol–water partition coefficient (Wildman–Crippen LogP) is 3.01. The molecule has 1 aromatic rings. The molecular weight excluding hydrogens is 335 g/mol. The fourth-order valence-corrected chi connectivity index (χ4v) is 4.57. The van der Waals surface area contributed by atoms with Gasteiger partial charge < -0.3 is 10.5 Å². The van der Waals surface area contributed by atoms with Crippen molar-refractivity contribution in [1.29, 1.82) is 0 Å². The second kappa shape index (κ2) is 7.65. The number of nitrogen functional groups attached to an aromatic ring is 1. The molecule has 21 heavy (non-hydrogen) atoms. The summed E-state index contributed by atoms with van der Waals surface area (Å²) in [5.41, 5.74) is 5.85. The third-order valence-electron chi connectivity index (χ3n) is 3.20. The predicted molar refractivity (Wildman–Crippen MR) is 86.4 cm³/mol. The summed E-state index contributed by atoms with van der Waals surface area (Å²) in [7, 11) is -2.31. The third kappa shape index (κ3) is 4.23. The Balaban J connectivity index is 3.35. The summed E-state index contributed by atoms with van der Waals surface area (Å²) in [6.45, 7) is 4.25. The van der Waals surface area contributed by atoms with Gasteiger partial charge in [-0.1, -0.05) is 30.1 Å². The third-order valence-corrected chi connectivity index (χ3v) is 5.96. The Morgan fingerprint density at radius 1 is 1.38 bits per heavy atom. The molecule has 0 spiro atoms. The SMILES string of the molecule is CCC(C)N(CCOC)S(=O)(=O)c1c(N)cc(Cl)cc1Cl. The fourth-order valence-electron chi connectivity index (χ4n) is 1.93. The van der Waals surface area contributed by atoms with Crippen LogP contribution >= 0.6 is 23.2 Å². The Bertz CT molecular complexity index is 570. The highest BCUT2D eigenvalue weighted by Crippen LogP contribution is 2.34. The molecule has 0 aliphatic rings. The topological polar surface area (TPSA) is 72.6 Å². The Morgan fingerprint density at radius 3 is 2.48 bits per heavy atom. The van der Waals surface area contributed by atoms with E-state index >= 15 is 0 Å². The number of nitrogens with zero attached hydrogens (tertiary/aromatic N) is 1. The molecule has 0 aliphatic heterocycles. The summed E-state index contributed by atoms with van der Waals surface area (Å²) in [6, 6.07) is 2.56. The molecule has 0 aromatic heterocycles. The first kappa shape index (κ1) is 18.5. The second-order valence-corrected chi connectivity index (χ2v) is 7.34. The lowest BCUT2D eigenvalue weighted by Crippen LogP contribution is -2.40. The summed E-state index contributed by atoms with van der Waals surface area (Å²) >= 11 is 11.9. The van der Waals surface area contributed by atoms with Crippen molar-refractivity contribution in [2.75, 3.05) is 26.0 Å². The van der Waals surface area contributed by atoms with Gasteiger partial charge in [0.1, 0.15) is 4.90 Å². The Kier molecular flexibility index (Phi) is 6.74. The van der Waals surface area contributed by atoms with Crippen molar-refractivity contribution in [3.05, 3.63) is 22.2 Å². The number of ether oxygens (including phenoxy) is 1. The molecule has 0 saturated carbocycles. The number of methoxy groups -OCH3 is 1. The van der Waals surface area contributed by atoms with Crippen molar-refractivity contribution in [1.82, 2.24) is 4.31 Å². The Labute approximate surface area is 136 Å². The molecule has 1 unspecified atom stereocenters. The van der Waals surface area contributed by atoms with E-state index in [4.69, 9.17) is 33.7 Å². The quantitative estimate of drug-likeness (QED) is 0.763. The van der Waals surface area contributed by atoms with Crippen LogP contribution in [0, 0.1) is 0 Å². The van der Waals surface area contributed by atoms with Crippen LogP contribution in [0.2, 0.25) is 10.0 Å². The first-order valence-electron chi connectivity index (χ1n) is 6.51. The highest BCUT2D eigenvalue weighted by atomic mass is 35.5. The molecule has 0 heterocycles. The van der Waals surface area contributed by atoms with Gasteiger partial charge in [-0.15, -0.1) is 0 Å². The van der Waals surface area contributed by atoms with E-state index in [0.717, 1.165) is 0 Å². The number of anilines is 1. The molecule has 0 radical (unpaired) electrons. The molecule has 0 aliphatic carbocycles. The van der Waals surface area contributed by atoms with E-state index < -0.39 is 10.0 Å². The van der Waals surface area contributed by atoms with Crippen molar-refractivity contribution in [3.63, 3.8) is 0 Å². The van der Waals surface area contributed by atoms with E-state index in [0.29, 0.717) is 11.4 Å². The zero-order valence-corrected chi connectivity index (χ0v) is 14.6. The Hall–Kier alpha value is -0.530. The van der Waals surface area contributed by atoms with Crippen molar-refractivity contribution >= 4 is 38.9 Å². The minimum Gasteiger partial charge on any atom is -0.398 e. The smallest absolute Gasteiger partial charge is 0.246 e. The highest BCUT2D eigenvalue weighted by molar-refractivity contribution is 7.89. The minimum absolute atomic E-state index is 0.0192. The van der Waals surface area contributed by atoms with Crippen molar-refractivity contribution in [2.45, 2.75) is 31.2 Å². The standard InChI is InChI=1S/C13H20Cl2N2O3S/c1-4-9(2)17(5-6-20-3)21(18,19)13-11(15)7-10(14)8-12(13)16/h7-9H,4-6,16H2,1-3H3. The van der Waals surface area contributed by atoms with Crippen LogP contribution in [-0.2, 0) is 14.8 Å². The average Bonchev–Trinajstić information content (AvgIpc) is 2.36. The number of hydrogen-bond donors (Lipinski definition) is 1.